The fourth-order valence-corrected chi connectivity index (χ4v) is 5.36. The highest BCUT2D eigenvalue weighted by Gasteiger charge is 2.13. The van der Waals surface area contributed by atoms with Crippen molar-refractivity contribution in [3.63, 3.8) is 0 Å². The average molecular weight is 449 g/mol. The Morgan fingerprint density at radius 1 is 0.970 bits per heavy atom. The molecule has 3 aromatic carbocycles. The van der Waals surface area contributed by atoms with Crippen LogP contribution in [0.15, 0.2) is 94.4 Å². The lowest BCUT2D eigenvalue weighted by Crippen LogP contribution is -2.16. The van der Waals surface area contributed by atoms with E-state index in [4.69, 9.17) is 0 Å². The number of para-hydroxylation sites is 1. The van der Waals surface area contributed by atoms with E-state index in [9.17, 15) is 4.79 Å². The molecule has 0 aliphatic heterocycles. The third kappa shape index (κ3) is 3.18. The second-order valence-corrected chi connectivity index (χ2v) is 8.73. The van der Waals surface area contributed by atoms with Crippen molar-refractivity contribution in [3.8, 4) is 11.1 Å². The molecule has 0 radical (unpaired) electrons. The first kappa shape index (κ1) is 19.6. The van der Waals surface area contributed by atoms with E-state index in [1.807, 2.05) is 41.8 Å². The Morgan fingerprint density at radius 3 is 2.61 bits per heavy atom. The molecule has 0 saturated carbocycles. The lowest BCUT2D eigenvalue weighted by Gasteiger charge is -2.03. The Morgan fingerprint density at radius 2 is 1.76 bits per heavy atom. The van der Waals surface area contributed by atoms with Crippen LogP contribution in [0.2, 0.25) is 0 Å². The Hall–Kier alpha value is -4.03. The maximum atomic E-state index is 13.2. The number of benzene rings is 3. The first-order valence-electron chi connectivity index (χ1n) is 10.8. The molecule has 0 aliphatic carbocycles. The third-order valence-electron chi connectivity index (χ3n) is 6.01. The van der Waals surface area contributed by atoms with Gasteiger partial charge in [0, 0.05) is 39.3 Å². The van der Waals surface area contributed by atoms with Crippen molar-refractivity contribution >= 4 is 49.6 Å². The predicted molar refractivity (Wildman–Crippen MR) is 137 cm³/mol. The van der Waals surface area contributed by atoms with Crippen LogP contribution in [-0.2, 0) is 6.54 Å². The lowest BCUT2D eigenvalue weighted by molar-refractivity contribution is 0.819. The van der Waals surface area contributed by atoms with Gasteiger partial charge >= 0.3 is 0 Å². The number of nitrogens with zero attached hydrogens (tertiary/aromatic N) is 4. The molecule has 6 rings (SSSR count). The number of aryl methyl sites for hydroxylation is 1. The number of hydrogen-bond donors (Lipinski definition) is 0. The van der Waals surface area contributed by atoms with Gasteiger partial charge in [0.25, 0.3) is 5.56 Å². The van der Waals surface area contributed by atoms with Crippen LogP contribution in [0, 0.1) is 0 Å². The largest absolute Gasteiger partial charge is 0.341 e. The minimum absolute atomic E-state index is 0.167. The number of aromatic nitrogens is 3. The van der Waals surface area contributed by atoms with E-state index in [0.717, 1.165) is 28.1 Å². The van der Waals surface area contributed by atoms with Gasteiger partial charge in [0.05, 0.1) is 11.6 Å². The summed E-state index contributed by atoms with van der Waals surface area (Å²) in [6.07, 6.45) is 3.22. The molecular formula is C27H20N4OS. The molecule has 0 fully saturated rings. The van der Waals surface area contributed by atoms with Crippen molar-refractivity contribution in [2.24, 2.45) is 5.10 Å². The van der Waals surface area contributed by atoms with Gasteiger partial charge < -0.3 is 4.57 Å². The Bertz CT molecular complexity index is 1720. The maximum Gasteiger partial charge on any atom is 0.283 e. The SMILES string of the molecule is CCn1c2ccccc2c2cc(C=Nn3cnc4scc(-c5ccccc5)c4c3=O)ccc21. The van der Waals surface area contributed by atoms with Crippen LogP contribution in [0.1, 0.15) is 12.5 Å². The van der Waals surface area contributed by atoms with Crippen LogP contribution in [-0.4, -0.2) is 20.4 Å². The monoisotopic (exact) mass is 448 g/mol. The van der Waals surface area contributed by atoms with Crippen molar-refractivity contribution in [1.29, 1.82) is 0 Å². The van der Waals surface area contributed by atoms with Crippen LogP contribution in [0.5, 0.6) is 0 Å². The molecule has 0 aliphatic rings. The molecule has 33 heavy (non-hydrogen) atoms. The second kappa shape index (κ2) is 7.83. The minimum atomic E-state index is -0.167. The van der Waals surface area contributed by atoms with E-state index in [-0.39, 0.29) is 5.56 Å². The minimum Gasteiger partial charge on any atom is -0.341 e. The van der Waals surface area contributed by atoms with E-state index in [1.54, 1.807) is 6.21 Å². The highest BCUT2D eigenvalue weighted by atomic mass is 32.1. The van der Waals surface area contributed by atoms with E-state index in [1.165, 1.54) is 44.1 Å². The fourth-order valence-electron chi connectivity index (χ4n) is 4.46. The summed E-state index contributed by atoms with van der Waals surface area (Å²) < 4.78 is 3.64. The maximum absolute atomic E-state index is 13.2. The molecule has 3 aromatic heterocycles. The van der Waals surface area contributed by atoms with Crippen molar-refractivity contribution < 1.29 is 0 Å². The van der Waals surface area contributed by atoms with Gasteiger partial charge in [-0.3, -0.25) is 4.79 Å². The topological polar surface area (TPSA) is 52.2 Å². The molecule has 160 valence electrons. The van der Waals surface area contributed by atoms with E-state index in [2.05, 4.69) is 58.0 Å². The van der Waals surface area contributed by atoms with Gasteiger partial charge in [-0.05, 0) is 36.2 Å². The smallest absolute Gasteiger partial charge is 0.283 e. The first-order valence-corrected chi connectivity index (χ1v) is 11.7. The molecule has 3 heterocycles. The normalized spacial score (nSPS) is 11.9. The summed E-state index contributed by atoms with van der Waals surface area (Å²) in [4.78, 5) is 18.4. The van der Waals surface area contributed by atoms with Crippen LogP contribution < -0.4 is 5.56 Å². The van der Waals surface area contributed by atoms with Gasteiger partial charge in [-0.1, -0.05) is 54.6 Å². The van der Waals surface area contributed by atoms with Gasteiger partial charge in [-0.2, -0.15) is 9.78 Å². The zero-order chi connectivity index (χ0) is 22.4. The average Bonchev–Trinajstić information content (AvgIpc) is 3.44. The molecule has 0 atom stereocenters. The summed E-state index contributed by atoms with van der Waals surface area (Å²) in [7, 11) is 0. The molecule has 0 spiro atoms. The Labute approximate surface area is 193 Å². The predicted octanol–water partition coefficient (Wildman–Crippen LogP) is 6.14. The van der Waals surface area contributed by atoms with Crippen molar-refractivity contribution in [3.05, 3.63) is 100 Å². The van der Waals surface area contributed by atoms with Gasteiger partial charge in [0.15, 0.2) is 0 Å². The van der Waals surface area contributed by atoms with Crippen LogP contribution >= 0.6 is 11.3 Å². The van der Waals surface area contributed by atoms with Gasteiger partial charge in [-0.25, -0.2) is 4.98 Å². The van der Waals surface area contributed by atoms with E-state index < -0.39 is 0 Å². The van der Waals surface area contributed by atoms with Gasteiger partial charge in [0.1, 0.15) is 11.2 Å². The molecule has 0 saturated heterocycles. The summed E-state index contributed by atoms with van der Waals surface area (Å²) in [6.45, 7) is 3.06. The van der Waals surface area contributed by atoms with Gasteiger partial charge in [-0.15, -0.1) is 11.3 Å². The summed E-state index contributed by atoms with van der Waals surface area (Å²) in [5.74, 6) is 0. The fraction of sp³-hybridized carbons (Fsp3) is 0.0741. The zero-order valence-corrected chi connectivity index (χ0v) is 18.8. The molecular weight excluding hydrogens is 428 g/mol. The molecule has 0 amide bonds. The third-order valence-corrected chi connectivity index (χ3v) is 6.89. The number of hydrogen-bond acceptors (Lipinski definition) is 4. The highest BCUT2D eigenvalue weighted by Crippen LogP contribution is 2.31. The van der Waals surface area contributed by atoms with E-state index in [0.29, 0.717) is 5.39 Å². The van der Waals surface area contributed by atoms with Crippen LogP contribution in [0.3, 0.4) is 0 Å². The van der Waals surface area contributed by atoms with Crippen molar-refractivity contribution in [2.45, 2.75) is 13.5 Å². The number of fused-ring (bicyclic) bond motifs is 4. The Balaban J connectivity index is 1.44. The first-order chi connectivity index (χ1) is 16.2. The Kier molecular flexibility index (Phi) is 4.66. The van der Waals surface area contributed by atoms with Crippen LogP contribution in [0.25, 0.3) is 43.1 Å². The van der Waals surface area contributed by atoms with Gasteiger partial charge in [0.2, 0.25) is 0 Å². The molecule has 6 heteroatoms. The second-order valence-electron chi connectivity index (χ2n) is 7.87. The quantitative estimate of drug-likeness (QED) is 0.304. The summed E-state index contributed by atoms with van der Waals surface area (Å²) >= 11 is 1.47. The summed E-state index contributed by atoms with van der Waals surface area (Å²) in [6, 6.07) is 24.6. The van der Waals surface area contributed by atoms with E-state index >= 15 is 0 Å². The van der Waals surface area contributed by atoms with Crippen LogP contribution in [0.4, 0.5) is 0 Å². The molecule has 6 aromatic rings. The van der Waals surface area contributed by atoms with Crippen molar-refractivity contribution in [2.75, 3.05) is 0 Å². The standard InChI is InChI=1S/C27H20N4OS/c1-2-30-23-11-7-6-10-20(23)21-14-18(12-13-24(21)30)15-29-31-17-28-26-25(27(31)32)22(16-33-26)19-8-4-3-5-9-19/h3-17H,2H2,1H3. The molecule has 5 nitrogen and oxygen atoms in total. The highest BCUT2D eigenvalue weighted by molar-refractivity contribution is 7.17. The lowest BCUT2D eigenvalue weighted by atomic mass is 10.1. The molecule has 0 unspecified atom stereocenters. The molecule has 0 N–H and O–H groups in total. The summed E-state index contributed by atoms with van der Waals surface area (Å²) in [5.41, 5.74) is 5.08. The number of rotatable bonds is 4. The van der Waals surface area contributed by atoms with Crippen molar-refractivity contribution in [1.82, 2.24) is 14.2 Å². The zero-order valence-electron chi connectivity index (χ0n) is 18.0. The summed E-state index contributed by atoms with van der Waals surface area (Å²) in [5, 5.41) is 9.46. The molecule has 0 bridgehead atoms. The number of thiophene rings is 1.